The minimum atomic E-state index is -0.474. The third kappa shape index (κ3) is 4.24. The molecule has 2 N–H and O–H groups in total. The van der Waals surface area contributed by atoms with Crippen LogP contribution in [0.25, 0.3) is 0 Å². The normalized spacial score (nSPS) is 11.6. The van der Waals surface area contributed by atoms with Crippen molar-refractivity contribution in [3.05, 3.63) is 23.8 Å². The van der Waals surface area contributed by atoms with E-state index in [1.54, 1.807) is 18.2 Å². The molecule has 7 nitrogen and oxygen atoms in total. The third-order valence-corrected chi connectivity index (χ3v) is 2.70. The van der Waals surface area contributed by atoms with Gasteiger partial charge >= 0.3 is 0 Å². The number of benzene rings is 1. The molecule has 0 bridgehead atoms. The zero-order chi connectivity index (χ0) is 15.0. The first-order valence-electron chi connectivity index (χ1n) is 5.66. The summed E-state index contributed by atoms with van der Waals surface area (Å²) in [6.07, 6.45) is -0.474. The van der Waals surface area contributed by atoms with Crippen molar-refractivity contribution in [3.63, 3.8) is 0 Å². The van der Waals surface area contributed by atoms with Crippen LogP contribution in [0, 0.1) is 0 Å². The highest BCUT2D eigenvalue weighted by molar-refractivity contribution is 6.22. The van der Waals surface area contributed by atoms with Gasteiger partial charge in [0.15, 0.2) is 23.6 Å². The van der Waals surface area contributed by atoms with Gasteiger partial charge in [0.25, 0.3) is 0 Å². The number of nitrogens with zero attached hydrogens (tertiary/aromatic N) is 1. The minimum absolute atomic E-state index is 0.100. The summed E-state index contributed by atoms with van der Waals surface area (Å²) in [5.74, 6) is 1.06. The van der Waals surface area contributed by atoms with Crippen LogP contribution in [0.15, 0.2) is 22.7 Å². The van der Waals surface area contributed by atoms with Crippen LogP contribution < -0.4 is 15.0 Å². The van der Waals surface area contributed by atoms with Gasteiger partial charge < -0.3 is 18.9 Å². The maximum absolute atomic E-state index is 8.88. The van der Waals surface area contributed by atoms with Gasteiger partial charge in [-0.15, -0.1) is 0 Å². The largest absolute Gasteiger partial charge is 0.493 e. The number of hydrogen-bond donors (Lipinski definition) is 2. The summed E-state index contributed by atoms with van der Waals surface area (Å²) in [5, 5.41) is 8.88. The first-order chi connectivity index (χ1) is 9.69. The standard InChI is InChI=1S/C12H17ClN2O5/c1-17-10-6-8(12(14-13)15-16)4-5-9(10)20-7-11(18-2)19-3/h4-6,11,16H,7H2,1-3H3,(H,14,15). The van der Waals surface area contributed by atoms with Crippen LogP contribution in [-0.4, -0.2) is 45.3 Å². The zero-order valence-corrected chi connectivity index (χ0v) is 12.2. The van der Waals surface area contributed by atoms with Gasteiger partial charge in [-0.2, -0.15) is 4.51 Å². The molecule has 0 radical (unpaired) electrons. The van der Waals surface area contributed by atoms with Crippen LogP contribution in [0.5, 0.6) is 11.5 Å². The Morgan fingerprint density at radius 2 is 2.00 bits per heavy atom. The Balaban J connectivity index is 2.88. The number of halogens is 1. The molecule has 0 saturated carbocycles. The van der Waals surface area contributed by atoms with Crippen molar-refractivity contribution in [2.24, 2.45) is 4.51 Å². The van der Waals surface area contributed by atoms with Gasteiger partial charge in [0.1, 0.15) is 6.61 Å². The maximum atomic E-state index is 8.88. The lowest BCUT2D eigenvalue weighted by Crippen LogP contribution is -2.22. The third-order valence-electron chi connectivity index (χ3n) is 2.53. The fourth-order valence-corrected chi connectivity index (χ4v) is 1.59. The average Bonchev–Trinajstić information content (AvgIpc) is 2.50. The van der Waals surface area contributed by atoms with E-state index < -0.39 is 6.29 Å². The molecule has 0 amide bonds. The summed E-state index contributed by atoms with van der Waals surface area (Å²) >= 11 is 5.34. The Labute approximate surface area is 122 Å². The molecule has 0 atom stereocenters. The Morgan fingerprint density at radius 1 is 1.30 bits per heavy atom. The Kier molecular flexibility index (Phi) is 7.10. The molecule has 0 spiro atoms. The number of hydrogen-bond acceptors (Lipinski definition) is 6. The Bertz CT molecular complexity index is 451. The number of nitrogens with one attached hydrogen (secondary N) is 1. The van der Waals surface area contributed by atoms with Gasteiger partial charge in [0.2, 0.25) is 0 Å². The van der Waals surface area contributed by atoms with Gasteiger partial charge in [-0.25, -0.2) is 0 Å². The van der Waals surface area contributed by atoms with Crippen molar-refractivity contribution in [1.82, 2.24) is 5.48 Å². The highest BCUT2D eigenvalue weighted by atomic mass is 35.5. The monoisotopic (exact) mass is 304 g/mol. The summed E-state index contributed by atoms with van der Waals surface area (Å²) in [6.45, 7) is 0.206. The van der Waals surface area contributed by atoms with E-state index in [1.165, 1.54) is 21.3 Å². The zero-order valence-electron chi connectivity index (χ0n) is 11.4. The lowest BCUT2D eigenvalue weighted by molar-refractivity contribution is -0.122. The van der Waals surface area contributed by atoms with E-state index in [0.29, 0.717) is 17.1 Å². The Morgan fingerprint density at radius 3 is 2.50 bits per heavy atom. The van der Waals surface area contributed by atoms with Crippen molar-refractivity contribution < 1.29 is 24.2 Å². The van der Waals surface area contributed by atoms with Crippen molar-refractivity contribution in [3.8, 4) is 11.5 Å². The second-order valence-corrected chi connectivity index (χ2v) is 3.79. The smallest absolute Gasteiger partial charge is 0.191 e. The van der Waals surface area contributed by atoms with Crippen molar-refractivity contribution in [2.45, 2.75) is 6.29 Å². The van der Waals surface area contributed by atoms with Gasteiger partial charge in [-0.3, -0.25) is 10.7 Å². The Hall–Kier alpha value is -1.54. The maximum Gasteiger partial charge on any atom is 0.191 e. The number of rotatable bonds is 7. The molecule has 0 fully saturated rings. The predicted molar refractivity (Wildman–Crippen MR) is 73.6 cm³/mol. The molecule has 0 aliphatic carbocycles. The second kappa shape index (κ2) is 8.60. The lowest BCUT2D eigenvalue weighted by atomic mass is 10.2. The first-order valence-corrected chi connectivity index (χ1v) is 5.99. The summed E-state index contributed by atoms with van der Waals surface area (Å²) < 4.78 is 24.2. The fourth-order valence-electron chi connectivity index (χ4n) is 1.46. The quantitative estimate of drug-likeness (QED) is 0.344. The summed E-state index contributed by atoms with van der Waals surface area (Å²) in [7, 11) is 4.54. The molecular formula is C12H17ClN2O5. The molecule has 0 saturated heterocycles. The van der Waals surface area contributed by atoms with Gasteiger partial charge in [-0.05, 0) is 18.2 Å². The summed E-state index contributed by atoms with van der Waals surface area (Å²) in [4.78, 5) is 0. The molecule has 0 aliphatic rings. The van der Waals surface area contributed by atoms with Crippen molar-refractivity contribution >= 4 is 17.6 Å². The van der Waals surface area contributed by atoms with E-state index in [2.05, 4.69) is 4.51 Å². The van der Waals surface area contributed by atoms with E-state index in [9.17, 15) is 0 Å². The second-order valence-electron chi connectivity index (χ2n) is 3.62. The number of hydroxylamine groups is 1. The topological polar surface area (TPSA) is 81.5 Å². The summed E-state index contributed by atoms with van der Waals surface area (Å²) in [5.41, 5.74) is 2.43. The fraction of sp³-hybridized carbons (Fsp3) is 0.417. The number of methoxy groups -OCH3 is 3. The van der Waals surface area contributed by atoms with Gasteiger partial charge in [-0.1, -0.05) is 0 Å². The molecule has 0 aromatic heterocycles. The average molecular weight is 305 g/mol. The van der Waals surface area contributed by atoms with Gasteiger partial charge in [0, 0.05) is 31.6 Å². The van der Waals surface area contributed by atoms with E-state index >= 15 is 0 Å². The molecule has 112 valence electrons. The highest BCUT2D eigenvalue weighted by Crippen LogP contribution is 2.28. The molecular weight excluding hydrogens is 288 g/mol. The van der Waals surface area contributed by atoms with Crippen LogP contribution in [0.3, 0.4) is 0 Å². The van der Waals surface area contributed by atoms with E-state index in [4.69, 9.17) is 35.9 Å². The van der Waals surface area contributed by atoms with Crippen molar-refractivity contribution in [2.75, 3.05) is 27.9 Å². The molecule has 0 unspecified atom stereocenters. The molecule has 1 rings (SSSR count). The molecule has 0 aliphatic heterocycles. The lowest BCUT2D eigenvalue weighted by Gasteiger charge is -2.16. The number of ether oxygens (including phenoxy) is 4. The van der Waals surface area contributed by atoms with Crippen LogP contribution >= 0.6 is 11.8 Å². The SMILES string of the molecule is COc1cc(C(=NCl)NO)ccc1OCC(OC)OC. The molecule has 1 aromatic rings. The predicted octanol–water partition coefficient (Wildman–Crippen LogP) is 1.57. The van der Waals surface area contributed by atoms with Crippen LogP contribution in [0.4, 0.5) is 0 Å². The van der Waals surface area contributed by atoms with Crippen LogP contribution in [-0.2, 0) is 9.47 Å². The molecule has 20 heavy (non-hydrogen) atoms. The highest BCUT2D eigenvalue weighted by Gasteiger charge is 2.12. The molecule has 0 heterocycles. The van der Waals surface area contributed by atoms with E-state index in [1.807, 2.05) is 5.48 Å². The first kappa shape index (κ1) is 16.5. The van der Waals surface area contributed by atoms with Gasteiger partial charge in [0.05, 0.1) is 7.11 Å². The van der Waals surface area contributed by atoms with Crippen LogP contribution in [0.1, 0.15) is 5.56 Å². The van der Waals surface area contributed by atoms with Crippen LogP contribution in [0.2, 0.25) is 0 Å². The molecule has 8 heteroatoms. The van der Waals surface area contributed by atoms with E-state index in [0.717, 1.165) is 0 Å². The minimum Gasteiger partial charge on any atom is -0.493 e. The van der Waals surface area contributed by atoms with Crippen molar-refractivity contribution in [1.29, 1.82) is 0 Å². The summed E-state index contributed by atoms with van der Waals surface area (Å²) in [6, 6.07) is 4.95. The number of amidine groups is 1. The molecule has 1 aromatic carbocycles. The van der Waals surface area contributed by atoms with E-state index in [-0.39, 0.29) is 12.4 Å².